The van der Waals surface area contributed by atoms with Gasteiger partial charge in [0.1, 0.15) is 0 Å². The van der Waals surface area contributed by atoms with Crippen LogP contribution in [0.15, 0.2) is 0 Å². The number of hydrogen-bond donors (Lipinski definition) is 0. The smallest absolute Gasteiger partial charge is 0.319 e. The van der Waals surface area contributed by atoms with Crippen LogP contribution in [0.4, 0.5) is 8.78 Å². The van der Waals surface area contributed by atoms with Gasteiger partial charge in [0.15, 0.2) is 4.29 Å². The minimum atomic E-state index is -3.34. The second-order valence-electron chi connectivity index (χ2n) is 2.02. The summed E-state index contributed by atoms with van der Waals surface area (Å²) < 4.78 is 27.7. The summed E-state index contributed by atoms with van der Waals surface area (Å²) in [5.41, 5.74) is 0. The van der Waals surface area contributed by atoms with Crippen molar-refractivity contribution in [1.82, 2.24) is 0 Å². The molecule has 1 nitrogen and oxygen atoms in total. The van der Waals surface area contributed by atoms with Crippen molar-refractivity contribution < 1.29 is 13.5 Å². The lowest BCUT2D eigenvalue weighted by Crippen LogP contribution is -2.28. The highest BCUT2D eigenvalue weighted by Gasteiger charge is 2.37. The monoisotopic (exact) mass is 260 g/mol. The van der Waals surface area contributed by atoms with Crippen molar-refractivity contribution in [1.29, 1.82) is 0 Å². The van der Waals surface area contributed by atoms with Gasteiger partial charge in [-0.25, -0.2) is 0 Å². The van der Waals surface area contributed by atoms with E-state index in [2.05, 4.69) is 26.6 Å². The summed E-state index contributed by atoms with van der Waals surface area (Å²) in [5, 5.41) is 0. The van der Waals surface area contributed by atoms with E-state index in [1.807, 2.05) is 0 Å². The average Bonchev–Trinajstić information content (AvgIpc) is 1.98. The number of rotatable bonds is 5. The van der Waals surface area contributed by atoms with Gasteiger partial charge in [0.25, 0.3) is 0 Å². The number of ether oxygens (including phenoxy) is 1. The van der Waals surface area contributed by atoms with E-state index >= 15 is 0 Å². The molecular formula is C7H8BrClF2O. The van der Waals surface area contributed by atoms with Crippen LogP contribution in [0.2, 0.25) is 0 Å². The van der Waals surface area contributed by atoms with Crippen LogP contribution in [-0.2, 0) is 4.74 Å². The molecule has 0 spiro atoms. The zero-order chi connectivity index (χ0) is 9.61. The molecule has 1 unspecified atom stereocenters. The van der Waals surface area contributed by atoms with E-state index in [4.69, 9.17) is 18.0 Å². The van der Waals surface area contributed by atoms with E-state index in [1.165, 1.54) is 0 Å². The third kappa shape index (κ3) is 4.91. The Morgan fingerprint density at radius 3 is 2.67 bits per heavy atom. The molecule has 1 atom stereocenters. The SMILES string of the molecule is C#CCCCOC(F)(F)C(Cl)Br. The molecule has 5 heteroatoms. The van der Waals surface area contributed by atoms with Crippen LogP contribution in [0.3, 0.4) is 0 Å². The fraction of sp³-hybridized carbons (Fsp3) is 0.714. The van der Waals surface area contributed by atoms with Gasteiger partial charge in [-0.1, -0.05) is 15.9 Å². The topological polar surface area (TPSA) is 9.23 Å². The van der Waals surface area contributed by atoms with Gasteiger partial charge in [0.2, 0.25) is 0 Å². The van der Waals surface area contributed by atoms with E-state index < -0.39 is 10.4 Å². The second-order valence-corrected chi connectivity index (χ2v) is 3.90. The lowest BCUT2D eigenvalue weighted by molar-refractivity contribution is -0.225. The number of hydrogen-bond acceptors (Lipinski definition) is 1. The summed E-state index contributed by atoms with van der Waals surface area (Å²) in [6.45, 7) is -0.0912. The molecule has 0 fully saturated rings. The summed E-state index contributed by atoms with van der Waals surface area (Å²) in [6, 6.07) is 0. The lowest BCUT2D eigenvalue weighted by atomic mass is 10.3. The van der Waals surface area contributed by atoms with Crippen LogP contribution in [0.25, 0.3) is 0 Å². The molecule has 0 amide bonds. The van der Waals surface area contributed by atoms with E-state index in [9.17, 15) is 8.78 Å². The maximum atomic E-state index is 12.5. The third-order valence-electron chi connectivity index (χ3n) is 1.01. The lowest BCUT2D eigenvalue weighted by Gasteiger charge is -2.17. The fourth-order valence-corrected chi connectivity index (χ4v) is 0.641. The Balaban J connectivity index is 3.56. The van der Waals surface area contributed by atoms with Crippen molar-refractivity contribution in [2.45, 2.75) is 23.2 Å². The van der Waals surface area contributed by atoms with Gasteiger partial charge in [-0.2, -0.15) is 8.78 Å². The molecule has 0 radical (unpaired) electrons. The molecule has 0 saturated carbocycles. The van der Waals surface area contributed by atoms with Crippen molar-refractivity contribution in [2.24, 2.45) is 0 Å². The summed E-state index contributed by atoms with van der Waals surface area (Å²) >= 11 is 7.60. The summed E-state index contributed by atoms with van der Waals surface area (Å²) in [6.07, 6.45) is 2.40. The van der Waals surface area contributed by atoms with Crippen LogP contribution >= 0.6 is 27.5 Å². The Kier molecular flexibility index (Phi) is 5.81. The van der Waals surface area contributed by atoms with Crippen LogP contribution in [-0.4, -0.2) is 17.0 Å². The first-order valence-electron chi connectivity index (χ1n) is 3.24. The van der Waals surface area contributed by atoms with Gasteiger partial charge in [-0.15, -0.1) is 23.9 Å². The number of terminal acetylenes is 1. The van der Waals surface area contributed by atoms with Crippen molar-refractivity contribution in [3.8, 4) is 12.3 Å². The maximum Gasteiger partial charge on any atom is 0.381 e. The van der Waals surface area contributed by atoms with E-state index in [0.29, 0.717) is 12.8 Å². The van der Waals surface area contributed by atoms with E-state index in [0.717, 1.165) is 0 Å². The van der Waals surface area contributed by atoms with Gasteiger partial charge < -0.3 is 4.74 Å². The number of alkyl halides is 4. The molecule has 0 aliphatic heterocycles. The van der Waals surface area contributed by atoms with Crippen LogP contribution in [0.1, 0.15) is 12.8 Å². The maximum absolute atomic E-state index is 12.5. The molecule has 0 rings (SSSR count). The molecule has 0 saturated heterocycles. The fourth-order valence-electron chi connectivity index (χ4n) is 0.445. The predicted molar refractivity (Wildman–Crippen MR) is 47.5 cm³/mol. The van der Waals surface area contributed by atoms with Gasteiger partial charge in [-0.3, -0.25) is 0 Å². The molecule has 0 aliphatic carbocycles. The molecule has 0 heterocycles. The van der Waals surface area contributed by atoms with Gasteiger partial charge in [-0.05, 0) is 6.42 Å². The normalized spacial score (nSPS) is 13.9. The molecule has 0 aliphatic rings. The molecule has 0 N–H and O–H groups in total. The first kappa shape index (κ1) is 12.2. The van der Waals surface area contributed by atoms with Crippen LogP contribution in [0, 0.1) is 12.3 Å². The highest BCUT2D eigenvalue weighted by molar-refractivity contribution is 9.10. The second kappa shape index (κ2) is 5.74. The quantitative estimate of drug-likeness (QED) is 0.420. The molecule has 0 aromatic rings. The minimum Gasteiger partial charge on any atom is -0.319 e. The largest absolute Gasteiger partial charge is 0.381 e. The average molecular weight is 261 g/mol. The van der Waals surface area contributed by atoms with Crippen LogP contribution < -0.4 is 0 Å². The Morgan fingerprint density at radius 1 is 1.67 bits per heavy atom. The first-order valence-corrected chi connectivity index (χ1v) is 4.59. The Bertz CT molecular complexity index is 167. The number of halogens is 4. The van der Waals surface area contributed by atoms with Crippen molar-refractivity contribution in [3.05, 3.63) is 0 Å². The summed E-state index contributed by atoms with van der Waals surface area (Å²) in [5.74, 6) is 2.31. The Hall–Kier alpha value is 0.150. The van der Waals surface area contributed by atoms with Gasteiger partial charge in [0.05, 0.1) is 6.61 Å². The third-order valence-corrected chi connectivity index (χ3v) is 1.80. The van der Waals surface area contributed by atoms with Crippen molar-refractivity contribution >= 4 is 27.5 Å². The molecule has 12 heavy (non-hydrogen) atoms. The molecular weight excluding hydrogens is 253 g/mol. The highest BCUT2D eigenvalue weighted by atomic mass is 79.9. The molecule has 0 bridgehead atoms. The first-order chi connectivity index (χ1) is 5.50. The van der Waals surface area contributed by atoms with Crippen molar-refractivity contribution in [2.75, 3.05) is 6.61 Å². The van der Waals surface area contributed by atoms with Gasteiger partial charge in [0, 0.05) is 6.42 Å². The van der Waals surface area contributed by atoms with Crippen molar-refractivity contribution in [3.63, 3.8) is 0 Å². The zero-order valence-corrected chi connectivity index (χ0v) is 8.54. The Morgan fingerprint density at radius 2 is 2.25 bits per heavy atom. The molecule has 0 aromatic heterocycles. The van der Waals surface area contributed by atoms with E-state index in [-0.39, 0.29) is 6.61 Å². The highest BCUT2D eigenvalue weighted by Crippen LogP contribution is 2.29. The molecule has 0 aromatic carbocycles. The summed E-state index contributed by atoms with van der Waals surface area (Å²) in [4.78, 5) is 0. The zero-order valence-electron chi connectivity index (χ0n) is 6.20. The van der Waals surface area contributed by atoms with Gasteiger partial charge >= 0.3 is 6.11 Å². The standard InChI is InChI=1S/C7H8BrClF2O/c1-2-3-4-5-12-7(10,11)6(8)9/h1,6H,3-5H2. The number of unbranched alkanes of at least 4 members (excludes halogenated alkanes) is 1. The van der Waals surface area contributed by atoms with E-state index in [1.54, 1.807) is 0 Å². The molecule has 70 valence electrons. The van der Waals surface area contributed by atoms with Crippen LogP contribution in [0.5, 0.6) is 0 Å². The summed E-state index contributed by atoms with van der Waals surface area (Å²) in [7, 11) is 0. The minimum absolute atomic E-state index is 0.0912. The Labute approximate surface area is 83.5 Å². The predicted octanol–water partition coefficient (Wildman–Crippen LogP) is 2.97.